The van der Waals surface area contributed by atoms with E-state index in [1.54, 1.807) is 0 Å². The van der Waals surface area contributed by atoms with Gasteiger partial charge in [-0.05, 0) is 31.6 Å². The van der Waals surface area contributed by atoms with Gasteiger partial charge in [0.05, 0.1) is 5.54 Å². The first kappa shape index (κ1) is 13.8. The average Bonchev–Trinajstić information content (AvgIpc) is 2.79. The fraction of sp³-hybridized carbons (Fsp3) is 0.923. The first-order valence-electron chi connectivity index (χ1n) is 6.52. The van der Waals surface area contributed by atoms with Crippen LogP contribution in [0, 0.1) is 5.92 Å². The van der Waals surface area contributed by atoms with Crippen molar-refractivity contribution in [2.24, 2.45) is 5.92 Å². The summed E-state index contributed by atoms with van der Waals surface area (Å²) >= 11 is 5.97. The van der Waals surface area contributed by atoms with E-state index in [0.717, 1.165) is 12.8 Å². The van der Waals surface area contributed by atoms with Crippen LogP contribution in [0.5, 0.6) is 0 Å². The van der Waals surface area contributed by atoms with Gasteiger partial charge in [-0.2, -0.15) is 0 Å². The zero-order valence-electron chi connectivity index (χ0n) is 10.5. The van der Waals surface area contributed by atoms with Gasteiger partial charge in [0.15, 0.2) is 0 Å². The van der Waals surface area contributed by atoms with Gasteiger partial charge in [0.25, 0.3) is 0 Å². The highest BCUT2D eigenvalue weighted by Crippen LogP contribution is 2.28. The van der Waals surface area contributed by atoms with Crippen LogP contribution < -0.4 is 5.32 Å². The van der Waals surface area contributed by atoms with Crippen molar-refractivity contribution in [3.63, 3.8) is 0 Å². The van der Waals surface area contributed by atoms with E-state index in [1.807, 2.05) is 0 Å². The third-order valence-corrected chi connectivity index (χ3v) is 4.47. The summed E-state index contributed by atoms with van der Waals surface area (Å²) in [4.78, 5) is 11.9. The highest BCUT2D eigenvalue weighted by atomic mass is 35.5. The van der Waals surface area contributed by atoms with Crippen LogP contribution in [0.3, 0.4) is 0 Å². The normalized spacial score (nSPS) is 17.7. The van der Waals surface area contributed by atoms with E-state index in [1.165, 1.54) is 25.7 Å². The predicted octanol–water partition coefficient (Wildman–Crippen LogP) is 3.48. The molecule has 3 heteroatoms. The molecule has 0 unspecified atom stereocenters. The molecule has 0 aliphatic heterocycles. The van der Waals surface area contributed by atoms with Crippen molar-refractivity contribution in [2.75, 3.05) is 5.88 Å². The number of carbonyl (C=O) groups excluding carboxylic acids is 1. The Morgan fingerprint density at radius 2 is 1.88 bits per heavy atom. The van der Waals surface area contributed by atoms with Crippen LogP contribution in [0.1, 0.15) is 58.8 Å². The molecule has 0 bridgehead atoms. The van der Waals surface area contributed by atoms with E-state index >= 15 is 0 Å². The standard InChI is InChI=1S/C13H24ClNO/c1-3-13(4-2,10-14)15-12(16)9-11-7-5-6-8-11/h11H,3-10H2,1-2H3,(H,15,16). The Hall–Kier alpha value is -0.240. The molecule has 1 fully saturated rings. The predicted molar refractivity (Wildman–Crippen MR) is 68.8 cm³/mol. The van der Waals surface area contributed by atoms with E-state index in [4.69, 9.17) is 11.6 Å². The summed E-state index contributed by atoms with van der Waals surface area (Å²) in [5.41, 5.74) is -0.183. The summed E-state index contributed by atoms with van der Waals surface area (Å²) in [6, 6.07) is 0. The highest BCUT2D eigenvalue weighted by Gasteiger charge is 2.28. The molecule has 94 valence electrons. The van der Waals surface area contributed by atoms with Crippen molar-refractivity contribution in [1.82, 2.24) is 5.32 Å². The van der Waals surface area contributed by atoms with Crippen LogP contribution in [0.15, 0.2) is 0 Å². The average molecular weight is 246 g/mol. The molecule has 16 heavy (non-hydrogen) atoms. The molecule has 1 aliphatic rings. The molecular weight excluding hydrogens is 222 g/mol. The van der Waals surface area contributed by atoms with Crippen LogP contribution in [-0.4, -0.2) is 17.3 Å². The van der Waals surface area contributed by atoms with Gasteiger partial charge in [-0.3, -0.25) is 4.79 Å². The van der Waals surface area contributed by atoms with Crippen molar-refractivity contribution in [3.05, 3.63) is 0 Å². The van der Waals surface area contributed by atoms with Gasteiger partial charge in [-0.25, -0.2) is 0 Å². The minimum atomic E-state index is -0.183. The number of nitrogens with one attached hydrogen (secondary N) is 1. The molecule has 1 rings (SSSR count). The molecule has 0 saturated heterocycles. The molecule has 0 heterocycles. The van der Waals surface area contributed by atoms with Gasteiger partial charge in [0.1, 0.15) is 0 Å². The summed E-state index contributed by atoms with van der Waals surface area (Å²) in [7, 11) is 0. The van der Waals surface area contributed by atoms with Crippen molar-refractivity contribution in [3.8, 4) is 0 Å². The second kappa shape index (κ2) is 6.48. The Bertz CT molecular complexity index is 212. The van der Waals surface area contributed by atoms with Crippen LogP contribution in [0.2, 0.25) is 0 Å². The van der Waals surface area contributed by atoms with Crippen molar-refractivity contribution >= 4 is 17.5 Å². The van der Waals surface area contributed by atoms with Crippen LogP contribution in [0.25, 0.3) is 0 Å². The Labute approximate surface area is 104 Å². The third kappa shape index (κ3) is 3.65. The largest absolute Gasteiger partial charge is 0.349 e. The summed E-state index contributed by atoms with van der Waals surface area (Å²) in [6.07, 6.45) is 7.53. The van der Waals surface area contributed by atoms with E-state index in [-0.39, 0.29) is 11.4 Å². The highest BCUT2D eigenvalue weighted by molar-refractivity contribution is 6.18. The summed E-state index contributed by atoms with van der Waals surface area (Å²) in [6.45, 7) is 4.17. The minimum absolute atomic E-state index is 0.183. The van der Waals surface area contributed by atoms with Crippen LogP contribution in [-0.2, 0) is 4.79 Å². The number of carbonyl (C=O) groups is 1. The lowest BCUT2D eigenvalue weighted by Gasteiger charge is -2.31. The van der Waals surface area contributed by atoms with E-state index in [0.29, 0.717) is 18.2 Å². The molecule has 0 spiro atoms. The maximum absolute atomic E-state index is 11.9. The van der Waals surface area contributed by atoms with Gasteiger partial charge in [0.2, 0.25) is 5.91 Å². The Morgan fingerprint density at radius 3 is 2.31 bits per heavy atom. The molecule has 0 aromatic rings. The summed E-state index contributed by atoms with van der Waals surface area (Å²) < 4.78 is 0. The molecule has 0 aromatic carbocycles. The number of amides is 1. The number of rotatable bonds is 6. The molecule has 0 radical (unpaired) electrons. The lowest BCUT2D eigenvalue weighted by Crippen LogP contribution is -2.49. The first-order valence-corrected chi connectivity index (χ1v) is 7.06. The number of alkyl halides is 1. The Morgan fingerprint density at radius 1 is 1.31 bits per heavy atom. The molecule has 1 aliphatic carbocycles. The first-order chi connectivity index (χ1) is 7.65. The van der Waals surface area contributed by atoms with Gasteiger partial charge in [-0.15, -0.1) is 11.6 Å². The summed E-state index contributed by atoms with van der Waals surface area (Å²) in [5, 5.41) is 3.14. The molecule has 1 saturated carbocycles. The van der Waals surface area contributed by atoms with Gasteiger partial charge >= 0.3 is 0 Å². The van der Waals surface area contributed by atoms with Crippen molar-refractivity contribution in [2.45, 2.75) is 64.3 Å². The van der Waals surface area contributed by atoms with Crippen molar-refractivity contribution < 1.29 is 4.79 Å². The zero-order valence-corrected chi connectivity index (χ0v) is 11.3. The smallest absolute Gasteiger partial charge is 0.220 e. The second-order valence-corrected chi connectivity index (χ2v) is 5.29. The van der Waals surface area contributed by atoms with E-state index in [2.05, 4.69) is 19.2 Å². The second-order valence-electron chi connectivity index (χ2n) is 5.02. The molecule has 2 nitrogen and oxygen atoms in total. The maximum Gasteiger partial charge on any atom is 0.220 e. The van der Waals surface area contributed by atoms with Gasteiger partial charge in [0, 0.05) is 12.3 Å². The molecular formula is C13H24ClNO. The lowest BCUT2D eigenvalue weighted by molar-refractivity contribution is -0.123. The SMILES string of the molecule is CCC(CC)(CCl)NC(=O)CC1CCCC1. The van der Waals surface area contributed by atoms with Crippen molar-refractivity contribution in [1.29, 1.82) is 0 Å². The van der Waals surface area contributed by atoms with E-state index in [9.17, 15) is 4.79 Å². The van der Waals surface area contributed by atoms with Gasteiger partial charge < -0.3 is 5.32 Å². The maximum atomic E-state index is 11.9. The Kier molecular flexibility index (Phi) is 5.60. The summed E-state index contributed by atoms with van der Waals surface area (Å²) in [5.74, 6) is 1.31. The van der Waals surface area contributed by atoms with Crippen LogP contribution in [0.4, 0.5) is 0 Å². The number of hydrogen-bond donors (Lipinski definition) is 1. The minimum Gasteiger partial charge on any atom is -0.349 e. The fourth-order valence-electron chi connectivity index (χ4n) is 2.47. The zero-order chi connectivity index (χ0) is 12.0. The number of halogens is 1. The molecule has 0 atom stereocenters. The van der Waals surface area contributed by atoms with Crippen LogP contribution >= 0.6 is 11.6 Å². The lowest BCUT2D eigenvalue weighted by atomic mass is 9.94. The number of hydrogen-bond acceptors (Lipinski definition) is 1. The molecule has 1 amide bonds. The van der Waals surface area contributed by atoms with Gasteiger partial charge in [-0.1, -0.05) is 26.7 Å². The van der Waals surface area contributed by atoms with E-state index < -0.39 is 0 Å². The quantitative estimate of drug-likeness (QED) is 0.714. The third-order valence-electron chi connectivity index (χ3n) is 3.96. The Balaban J connectivity index is 2.41. The fourth-order valence-corrected chi connectivity index (χ4v) is 2.92. The monoisotopic (exact) mass is 245 g/mol. The molecule has 1 N–H and O–H groups in total. The topological polar surface area (TPSA) is 29.1 Å². The molecule has 0 aromatic heterocycles.